The van der Waals surface area contributed by atoms with Crippen LogP contribution in [0.1, 0.15) is 24.0 Å². The third-order valence-corrected chi connectivity index (χ3v) is 4.90. The number of anilines is 1. The number of primary sulfonamides is 1. The van der Waals surface area contributed by atoms with E-state index in [1.807, 2.05) is 0 Å². The van der Waals surface area contributed by atoms with Crippen molar-refractivity contribution in [2.75, 3.05) is 5.32 Å². The Balaban J connectivity index is 1.72. The number of hydrogen-bond donors (Lipinski definition) is 2. The predicted molar refractivity (Wildman–Crippen MR) is 106 cm³/mol. The minimum atomic E-state index is -3.69. The number of rotatable bonds is 6. The van der Waals surface area contributed by atoms with Crippen LogP contribution in [0.4, 0.5) is 10.1 Å². The lowest BCUT2D eigenvalue weighted by molar-refractivity contribution is -0.132. The smallest absolute Gasteiger partial charge is 0.271 e. The first-order chi connectivity index (χ1) is 13.7. The molecular formula is C19H19FN4O4S. The van der Waals surface area contributed by atoms with Crippen LogP contribution < -0.4 is 10.5 Å². The molecular weight excluding hydrogens is 399 g/mol. The van der Waals surface area contributed by atoms with E-state index in [0.29, 0.717) is 16.8 Å². The van der Waals surface area contributed by atoms with Gasteiger partial charge in [0.05, 0.1) is 12.3 Å². The molecule has 0 radical (unpaired) electrons. The molecule has 2 aromatic rings. The standard InChI is InChI=1S/C19H19FN4O4S/c20-15-6-4-13(5-7-15)11-24-18(25)9-8-17(23-24)19(26)22-16-3-1-2-14(10-16)12-29(21,27)28/h1-7,10H,8-9,11-12H2,(H,22,26)(H2,21,27,28). The van der Waals surface area contributed by atoms with Gasteiger partial charge in [-0.05, 0) is 35.4 Å². The van der Waals surface area contributed by atoms with Gasteiger partial charge in [0.15, 0.2) is 0 Å². The zero-order valence-electron chi connectivity index (χ0n) is 15.3. The number of nitrogens with two attached hydrogens (primary N) is 1. The number of nitrogens with one attached hydrogen (secondary N) is 1. The second kappa shape index (κ2) is 8.50. The molecule has 1 aliphatic heterocycles. The maximum absolute atomic E-state index is 13.0. The number of carbonyl (C=O) groups is 2. The molecule has 2 aromatic carbocycles. The summed E-state index contributed by atoms with van der Waals surface area (Å²) in [6.07, 6.45) is 0.306. The Morgan fingerprint density at radius 2 is 1.86 bits per heavy atom. The van der Waals surface area contributed by atoms with Crippen molar-refractivity contribution in [2.24, 2.45) is 10.2 Å². The Kier molecular flexibility index (Phi) is 6.04. The summed E-state index contributed by atoms with van der Waals surface area (Å²) >= 11 is 0. The van der Waals surface area contributed by atoms with Crippen molar-refractivity contribution < 1.29 is 22.4 Å². The van der Waals surface area contributed by atoms with Gasteiger partial charge in [0.2, 0.25) is 15.9 Å². The number of halogens is 1. The molecule has 1 heterocycles. The molecule has 3 rings (SSSR count). The highest BCUT2D eigenvalue weighted by atomic mass is 32.2. The van der Waals surface area contributed by atoms with Crippen molar-refractivity contribution in [3.63, 3.8) is 0 Å². The van der Waals surface area contributed by atoms with Crippen LogP contribution in [0.25, 0.3) is 0 Å². The molecule has 8 nitrogen and oxygen atoms in total. The highest BCUT2D eigenvalue weighted by molar-refractivity contribution is 7.88. The minimum absolute atomic E-state index is 0.124. The van der Waals surface area contributed by atoms with Crippen LogP contribution in [-0.4, -0.2) is 31.0 Å². The summed E-state index contributed by atoms with van der Waals surface area (Å²) in [5.41, 5.74) is 1.68. The Morgan fingerprint density at radius 1 is 1.14 bits per heavy atom. The number of hydrogen-bond acceptors (Lipinski definition) is 5. The SMILES string of the molecule is NS(=O)(=O)Cc1cccc(NC(=O)C2=NN(Cc3ccc(F)cc3)C(=O)CC2)c1. The quantitative estimate of drug-likeness (QED) is 0.742. The van der Waals surface area contributed by atoms with Gasteiger partial charge in [-0.2, -0.15) is 5.10 Å². The molecule has 0 spiro atoms. The number of hydrazone groups is 1. The van der Waals surface area contributed by atoms with Crippen LogP contribution in [-0.2, 0) is 31.9 Å². The van der Waals surface area contributed by atoms with Crippen molar-refractivity contribution in [1.82, 2.24) is 5.01 Å². The Morgan fingerprint density at radius 3 is 2.55 bits per heavy atom. The Labute approximate surface area is 167 Å². The van der Waals surface area contributed by atoms with E-state index >= 15 is 0 Å². The van der Waals surface area contributed by atoms with Crippen LogP contribution in [0.5, 0.6) is 0 Å². The fourth-order valence-electron chi connectivity index (χ4n) is 2.83. The van der Waals surface area contributed by atoms with Crippen molar-refractivity contribution in [1.29, 1.82) is 0 Å². The number of sulfonamides is 1. The summed E-state index contributed by atoms with van der Waals surface area (Å²) < 4.78 is 35.5. The van der Waals surface area contributed by atoms with Gasteiger partial charge < -0.3 is 5.32 Å². The molecule has 0 atom stereocenters. The van der Waals surface area contributed by atoms with Crippen LogP contribution in [0.2, 0.25) is 0 Å². The largest absolute Gasteiger partial charge is 0.321 e. The maximum atomic E-state index is 13.0. The molecule has 0 fully saturated rings. The average Bonchev–Trinajstić information content (AvgIpc) is 2.64. The van der Waals surface area contributed by atoms with Crippen LogP contribution in [0.15, 0.2) is 53.6 Å². The van der Waals surface area contributed by atoms with Crippen LogP contribution >= 0.6 is 0 Å². The van der Waals surface area contributed by atoms with Crippen molar-refractivity contribution in [3.8, 4) is 0 Å². The topological polar surface area (TPSA) is 122 Å². The molecule has 0 saturated heterocycles. The van der Waals surface area contributed by atoms with Gasteiger partial charge in [0, 0.05) is 18.5 Å². The van der Waals surface area contributed by atoms with Gasteiger partial charge >= 0.3 is 0 Å². The highest BCUT2D eigenvalue weighted by Gasteiger charge is 2.24. The second-order valence-electron chi connectivity index (χ2n) is 6.59. The van der Waals surface area contributed by atoms with Gasteiger partial charge in [-0.3, -0.25) is 9.59 Å². The third-order valence-electron chi connectivity index (χ3n) is 4.17. The molecule has 0 bridgehead atoms. The first-order valence-electron chi connectivity index (χ1n) is 8.73. The summed E-state index contributed by atoms with van der Waals surface area (Å²) in [6.45, 7) is 0.125. The molecule has 3 N–H and O–H groups in total. The summed E-state index contributed by atoms with van der Waals surface area (Å²) in [5, 5.41) is 13.0. The summed E-state index contributed by atoms with van der Waals surface area (Å²) in [4.78, 5) is 24.7. The minimum Gasteiger partial charge on any atom is -0.321 e. The fraction of sp³-hybridized carbons (Fsp3) is 0.211. The monoisotopic (exact) mass is 418 g/mol. The molecule has 1 aliphatic rings. The van der Waals surface area contributed by atoms with Gasteiger partial charge in [-0.1, -0.05) is 24.3 Å². The van der Waals surface area contributed by atoms with E-state index < -0.39 is 15.9 Å². The number of carbonyl (C=O) groups excluding carboxylic acids is 2. The van der Waals surface area contributed by atoms with Gasteiger partial charge in [-0.15, -0.1) is 0 Å². The molecule has 152 valence electrons. The van der Waals surface area contributed by atoms with E-state index in [9.17, 15) is 22.4 Å². The third kappa shape index (κ3) is 5.93. The van der Waals surface area contributed by atoms with E-state index in [2.05, 4.69) is 10.4 Å². The van der Waals surface area contributed by atoms with E-state index in [4.69, 9.17) is 5.14 Å². The fourth-order valence-corrected chi connectivity index (χ4v) is 3.47. The summed E-state index contributed by atoms with van der Waals surface area (Å²) in [6, 6.07) is 12.0. The van der Waals surface area contributed by atoms with Crippen molar-refractivity contribution >= 4 is 33.2 Å². The zero-order chi connectivity index (χ0) is 21.0. The number of nitrogens with zero attached hydrogens (tertiary/aromatic N) is 2. The van der Waals surface area contributed by atoms with Crippen molar-refractivity contribution in [3.05, 3.63) is 65.5 Å². The normalized spacial score (nSPS) is 14.5. The molecule has 0 aromatic heterocycles. The van der Waals surface area contributed by atoms with E-state index in [1.54, 1.807) is 30.3 Å². The van der Waals surface area contributed by atoms with Gasteiger partial charge in [-0.25, -0.2) is 23.0 Å². The zero-order valence-corrected chi connectivity index (χ0v) is 16.2. The molecule has 10 heteroatoms. The predicted octanol–water partition coefficient (Wildman–Crippen LogP) is 1.73. The molecule has 0 aliphatic carbocycles. The van der Waals surface area contributed by atoms with Crippen LogP contribution in [0, 0.1) is 5.82 Å². The lowest BCUT2D eigenvalue weighted by atomic mass is 10.1. The highest BCUT2D eigenvalue weighted by Crippen LogP contribution is 2.17. The molecule has 0 unspecified atom stereocenters. The Hall–Kier alpha value is -3.11. The van der Waals surface area contributed by atoms with E-state index in [1.165, 1.54) is 23.2 Å². The lowest BCUT2D eigenvalue weighted by Crippen LogP contribution is -2.36. The summed E-state index contributed by atoms with van der Waals surface area (Å²) in [5.74, 6) is -1.46. The first-order valence-corrected chi connectivity index (χ1v) is 10.4. The molecule has 2 amide bonds. The van der Waals surface area contributed by atoms with E-state index in [-0.39, 0.29) is 42.6 Å². The van der Waals surface area contributed by atoms with Gasteiger partial charge in [0.25, 0.3) is 5.91 Å². The first kappa shape index (κ1) is 20.6. The molecule has 29 heavy (non-hydrogen) atoms. The second-order valence-corrected chi connectivity index (χ2v) is 8.20. The number of amides is 2. The summed E-state index contributed by atoms with van der Waals surface area (Å²) in [7, 11) is -3.69. The number of benzene rings is 2. The van der Waals surface area contributed by atoms with Crippen LogP contribution in [0.3, 0.4) is 0 Å². The average molecular weight is 418 g/mol. The molecule has 0 saturated carbocycles. The van der Waals surface area contributed by atoms with E-state index in [0.717, 1.165) is 0 Å². The van der Waals surface area contributed by atoms with Gasteiger partial charge in [0.1, 0.15) is 11.5 Å². The lowest BCUT2D eigenvalue weighted by Gasteiger charge is -2.23. The maximum Gasteiger partial charge on any atom is 0.271 e. The van der Waals surface area contributed by atoms with Crippen molar-refractivity contribution in [2.45, 2.75) is 25.1 Å². The Bertz CT molecular complexity index is 1070.